The number of anilines is 1. The molecule has 0 bridgehead atoms. The van der Waals surface area contributed by atoms with Crippen LogP contribution in [0.15, 0.2) is 36.4 Å². The number of benzene rings is 2. The molecule has 0 radical (unpaired) electrons. The summed E-state index contributed by atoms with van der Waals surface area (Å²) >= 11 is 0. The molecule has 53 heavy (non-hydrogen) atoms. The van der Waals surface area contributed by atoms with Gasteiger partial charge in [-0.1, -0.05) is 31.5 Å². The number of carbonyl (C=O) groups excluding carboxylic acids is 4. The van der Waals surface area contributed by atoms with Gasteiger partial charge in [-0.3, -0.25) is 24.2 Å². The maximum Gasteiger partial charge on any atom is 0.524 e. The van der Waals surface area contributed by atoms with Gasteiger partial charge in [0.05, 0.1) is 17.5 Å². The van der Waals surface area contributed by atoms with Crippen molar-refractivity contribution in [3.63, 3.8) is 0 Å². The number of hydrogen-bond acceptors (Lipinski definition) is 11. The van der Waals surface area contributed by atoms with E-state index in [0.29, 0.717) is 54.7 Å². The van der Waals surface area contributed by atoms with Gasteiger partial charge in [-0.15, -0.1) is 5.06 Å². The van der Waals surface area contributed by atoms with E-state index in [1.807, 2.05) is 18.2 Å². The maximum atomic E-state index is 12.1. The molecule has 0 atom stereocenters. The number of hydroxylamine groups is 2. The van der Waals surface area contributed by atoms with Crippen LogP contribution >= 0.6 is 7.82 Å². The number of phosphoric acid groups is 1. The van der Waals surface area contributed by atoms with Crippen molar-refractivity contribution in [2.45, 2.75) is 84.6 Å². The van der Waals surface area contributed by atoms with Gasteiger partial charge in [0.1, 0.15) is 17.1 Å². The molecule has 0 unspecified atom stereocenters. The van der Waals surface area contributed by atoms with Crippen molar-refractivity contribution in [2.75, 3.05) is 25.5 Å². The zero-order valence-electron chi connectivity index (χ0n) is 29.8. The Balaban J connectivity index is 1.15. The molecule has 3 amide bonds. The lowest BCUT2D eigenvalue weighted by Crippen LogP contribution is -2.32. The van der Waals surface area contributed by atoms with Gasteiger partial charge in [0.25, 0.3) is 11.8 Å². The first-order valence-corrected chi connectivity index (χ1v) is 19.2. The van der Waals surface area contributed by atoms with Crippen molar-refractivity contribution in [1.29, 1.82) is 0 Å². The van der Waals surface area contributed by atoms with Crippen molar-refractivity contribution >= 4 is 59.3 Å². The molecule has 0 spiro atoms. The number of imide groups is 1. The van der Waals surface area contributed by atoms with E-state index in [2.05, 4.69) is 27.9 Å². The topological polar surface area (TPSA) is 225 Å². The first-order valence-electron chi connectivity index (χ1n) is 17.7. The highest BCUT2D eigenvalue weighted by Gasteiger charge is 2.32. The minimum Gasteiger partial charge on any atom is -0.404 e. The fourth-order valence-electron chi connectivity index (χ4n) is 6.07. The average molecular weight is 753 g/mol. The number of carbonyl (C=O) groups is 4. The number of pyridine rings is 1. The second-order valence-electron chi connectivity index (χ2n) is 12.9. The SMILES string of the molecule is CCCCc1nc2c(N)nc3ccc(CCCOCCCNC(=O)CCC(=O)ON4C(=O)CCC4=O)cc3c2n1Cc1ccc(OP(=O)(O)O)c(C)c1. The first-order chi connectivity index (χ1) is 25.3. The van der Waals surface area contributed by atoms with Crippen LogP contribution in [0.1, 0.15) is 80.8 Å². The largest absolute Gasteiger partial charge is 0.524 e. The molecule has 1 fully saturated rings. The molecule has 2 aromatic heterocycles. The third-order valence-electron chi connectivity index (χ3n) is 8.69. The van der Waals surface area contributed by atoms with Gasteiger partial charge in [-0.2, -0.15) is 0 Å². The smallest absolute Gasteiger partial charge is 0.404 e. The van der Waals surface area contributed by atoms with Crippen LogP contribution in [-0.4, -0.2) is 72.8 Å². The number of aryl methyl sites for hydroxylation is 3. The van der Waals surface area contributed by atoms with Gasteiger partial charge in [-0.25, -0.2) is 19.3 Å². The Kier molecular flexibility index (Phi) is 13.2. The van der Waals surface area contributed by atoms with Crippen LogP contribution < -0.4 is 15.6 Å². The molecule has 1 saturated heterocycles. The quantitative estimate of drug-likeness (QED) is 0.0600. The van der Waals surface area contributed by atoms with Gasteiger partial charge < -0.3 is 29.7 Å². The summed E-state index contributed by atoms with van der Waals surface area (Å²) in [5, 5.41) is 4.10. The maximum absolute atomic E-state index is 12.1. The van der Waals surface area contributed by atoms with Gasteiger partial charge in [0.2, 0.25) is 5.91 Å². The standard InChI is InChI=1S/C36H45N6O10P/c1-3-4-8-29-40-34-35(41(29)22-25-10-12-28(23(2)20-25)52-53(47,48)49)26-21-24(9-11-27(26)39-36(34)37)7-5-18-50-19-6-17-38-30(43)13-16-33(46)51-42-31(44)14-15-32(42)45/h9-12,20-21H,3-8,13-19,22H2,1-2H3,(H2,37,39)(H,38,43)(H2,47,48,49). The zero-order valence-corrected chi connectivity index (χ0v) is 30.7. The molecular formula is C36H45N6O10P. The molecule has 4 aromatic rings. The average Bonchev–Trinajstić information content (AvgIpc) is 3.63. The second kappa shape index (κ2) is 17.8. The minimum atomic E-state index is -4.69. The highest BCUT2D eigenvalue weighted by Crippen LogP contribution is 2.39. The van der Waals surface area contributed by atoms with E-state index in [-0.39, 0.29) is 37.3 Å². The Bertz CT molecular complexity index is 2030. The molecule has 5 rings (SSSR count). The van der Waals surface area contributed by atoms with Crippen LogP contribution in [0.25, 0.3) is 21.9 Å². The van der Waals surface area contributed by atoms with E-state index in [4.69, 9.17) is 24.8 Å². The van der Waals surface area contributed by atoms with E-state index in [9.17, 15) is 33.5 Å². The normalized spacial score (nSPS) is 13.3. The third kappa shape index (κ3) is 10.6. The van der Waals surface area contributed by atoms with Gasteiger partial charge >= 0.3 is 13.8 Å². The number of nitrogen functional groups attached to an aromatic ring is 1. The number of ether oxygens (including phenoxy) is 1. The predicted molar refractivity (Wildman–Crippen MR) is 194 cm³/mol. The van der Waals surface area contributed by atoms with Gasteiger partial charge in [0.15, 0.2) is 5.82 Å². The third-order valence-corrected chi connectivity index (χ3v) is 9.13. The summed E-state index contributed by atoms with van der Waals surface area (Å²) in [7, 11) is -4.69. The molecule has 0 saturated carbocycles. The summed E-state index contributed by atoms with van der Waals surface area (Å²) in [6.45, 7) is 5.63. The Morgan fingerprint density at radius 3 is 2.42 bits per heavy atom. The van der Waals surface area contributed by atoms with Crippen molar-refractivity contribution in [3.8, 4) is 5.75 Å². The van der Waals surface area contributed by atoms with Gasteiger partial charge in [-0.05, 0) is 67.5 Å². The lowest BCUT2D eigenvalue weighted by atomic mass is 10.1. The van der Waals surface area contributed by atoms with Crippen LogP contribution in [0, 0.1) is 6.92 Å². The summed E-state index contributed by atoms with van der Waals surface area (Å²) in [6, 6.07) is 11.3. The van der Waals surface area contributed by atoms with E-state index in [0.717, 1.165) is 65.5 Å². The van der Waals surface area contributed by atoms with Crippen LogP contribution in [-0.2, 0) is 52.7 Å². The number of imidazole rings is 1. The molecular weight excluding hydrogens is 707 g/mol. The summed E-state index contributed by atoms with van der Waals surface area (Å²) < 4.78 is 24.2. The lowest BCUT2D eigenvalue weighted by molar-refractivity contribution is -0.197. The monoisotopic (exact) mass is 752 g/mol. The van der Waals surface area contributed by atoms with E-state index < -0.39 is 25.6 Å². The molecule has 284 valence electrons. The van der Waals surface area contributed by atoms with Crippen LogP contribution in [0.2, 0.25) is 0 Å². The Hall–Kier alpha value is -4.89. The van der Waals surface area contributed by atoms with E-state index in [1.54, 1.807) is 19.1 Å². The lowest BCUT2D eigenvalue weighted by Gasteiger charge is -2.14. The number of nitrogens with zero attached hydrogens (tertiary/aromatic N) is 4. The highest BCUT2D eigenvalue weighted by atomic mass is 31.2. The molecule has 3 heterocycles. The van der Waals surface area contributed by atoms with Crippen molar-refractivity contribution < 1.29 is 47.6 Å². The molecule has 0 aliphatic carbocycles. The second-order valence-corrected chi connectivity index (χ2v) is 14.1. The van der Waals surface area contributed by atoms with E-state index in [1.165, 1.54) is 0 Å². The Labute approximate surface area is 306 Å². The van der Waals surface area contributed by atoms with Crippen LogP contribution in [0.3, 0.4) is 0 Å². The number of fused-ring (bicyclic) bond motifs is 3. The number of nitrogens with two attached hydrogens (primary N) is 1. The molecule has 17 heteroatoms. The van der Waals surface area contributed by atoms with Crippen molar-refractivity contribution in [1.82, 2.24) is 24.9 Å². The predicted octanol–water partition coefficient (Wildman–Crippen LogP) is 4.18. The van der Waals surface area contributed by atoms with Crippen molar-refractivity contribution in [3.05, 3.63) is 58.9 Å². The number of nitrogens with one attached hydrogen (secondary N) is 1. The fourth-order valence-corrected chi connectivity index (χ4v) is 6.53. The molecule has 5 N–H and O–H groups in total. The number of phosphoric ester groups is 1. The summed E-state index contributed by atoms with van der Waals surface area (Å²) in [6.07, 6.45) is 4.39. The zero-order chi connectivity index (χ0) is 38.1. The molecule has 16 nitrogen and oxygen atoms in total. The molecule has 2 aromatic carbocycles. The van der Waals surface area contributed by atoms with Gasteiger partial charge in [0, 0.05) is 57.4 Å². The van der Waals surface area contributed by atoms with Crippen molar-refractivity contribution in [2.24, 2.45) is 0 Å². The molecule has 1 aliphatic rings. The van der Waals surface area contributed by atoms with Crippen LogP contribution in [0.4, 0.5) is 5.82 Å². The fraction of sp³-hybridized carbons (Fsp3) is 0.444. The highest BCUT2D eigenvalue weighted by molar-refractivity contribution is 7.46. The molecule has 1 aliphatic heterocycles. The van der Waals surface area contributed by atoms with E-state index >= 15 is 0 Å². The Morgan fingerprint density at radius 2 is 1.70 bits per heavy atom. The number of aromatic nitrogens is 3. The summed E-state index contributed by atoms with van der Waals surface area (Å²) in [5.41, 5.74) is 11.3. The number of hydrogen-bond donors (Lipinski definition) is 4. The number of rotatable bonds is 19. The van der Waals surface area contributed by atoms with Crippen LogP contribution in [0.5, 0.6) is 5.75 Å². The minimum absolute atomic E-state index is 0.00656. The number of unbranched alkanes of at least 4 members (excludes halogenated alkanes) is 1. The first kappa shape index (κ1) is 39.3. The summed E-state index contributed by atoms with van der Waals surface area (Å²) in [5.74, 6) is -0.954. The summed E-state index contributed by atoms with van der Waals surface area (Å²) in [4.78, 5) is 79.9. The Morgan fingerprint density at radius 1 is 0.962 bits per heavy atom. The number of amides is 3.